The van der Waals surface area contributed by atoms with E-state index in [0.29, 0.717) is 18.3 Å². The summed E-state index contributed by atoms with van der Waals surface area (Å²) in [6, 6.07) is 0.205. The number of H-pyrrole nitrogens is 1. The van der Waals surface area contributed by atoms with Gasteiger partial charge in [0.25, 0.3) is 10.0 Å². The molecule has 6 heteroatoms. The SMILES string of the molecule is Cc1ncc(S(=O)(=O)N2CCCC2C2CCCC2)[nH]1. The molecule has 0 radical (unpaired) electrons. The molecule has 1 aliphatic carbocycles. The Hall–Kier alpha value is -0.880. The van der Waals surface area contributed by atoms with Crippen LogP contribution in [-0.4, -0.2) is 35.3 Å². The Balaban J connectivity index is 1.87. The molecule has 0 amide bonds. The van der Waals surface area contributed by atoms with E-state index in [2.05, 4.69) is 9.97 Å². The highest BCUT2D eigenvalue weighted by Crippen LogP contribution is 2.37. The standard InChI is InChI=1S/C13H21N3O2S/c1-10-14-9-13(15-10)19(17,18)16-8-4-7-12(16)11-5-2-3-6-11/h9,11-12H,2-8H2,1H3,(H,14,15). The summed E-state index contributed by atoms with van der Waals surface area (Å²) in [5.74, 6) is 1.21. The Morgan fingerprint density at radius 3 is 2.63 bits per heavy atom. The van der Waals surface area contributed by atoms with E-state index in [1.54, 1.807) is 11.2 Å². The van der Waals surface area contributed by atoms with E-state index < -0.39 is 10.0 Å². The van der Waals surface area contributed by atoms with Crippen molar-refractivity contribution in [3.8, 4) is 0 Å². The first kappa shape index (κ1) is 13.1. The summed E-state index contributed by atoms with van der Waals surface area (Å²) in [7, 11) is -3.39. The molecule has 1 aromatic heterocycles. The van der Waals surface area contributed by atoms with E-state index in [4.69, 9.17) is 0 Å². The van der Waals surface area contributed by atoms with Crippen LogP contribution in [0.15, 0.2) is 11.2 Å². The van der Waals surface area contributed by atoms with Crippen molar-refractivity contribution in [2.45, 2.75) is 56.5 Å². The second-order valence-corrected chi connectivity index (χ2v) is 7.56. The van der Waals surface area contributed by atoms with Crippen LogP contribution in [0.3, 0.4) is 0 Å². The van der Waals surface area contributed by atoms with Crippen LogP contribution in [0, 0.1) is 12.8 Å². The van der Waals surface area contributed by atoms with Gasteiger partial charge in [0.1, 0.15) is 5.82 Å². The van der Waals surface area contributed by atoms with Gasteiger partial charge < -0.3 is 4.98 Å². The maximum Gasteiger partial charge on any atom is 0.260 e. The lowest BCUT2D eigenvalue weighted by Gasteiger charge is -2.28. The van der Waals surface area contributed by atoms with Gasteiger partial charge in [-0.1, -0.05) is 12.8 Å². The van der Waals surface area contributed by atoms with Crippen LogP contribution in [0.4, 0.5) is 0 Å². The molecule has 0 bridgehead atoms. The van der Waals surface area contributed by atoms with Crippen molar-refractivity contribution in [1.29, 1.82) is 0 Å². The van der Waals surface area contributed by atoms with E-state index in [-0.39, 0.29) is 11.1 Å². The summed E-state index contributed by atoms with van der Waals surface area (Å²) in [5.41, 5.74) is 0. The van der Waals surface area contributed by atoms with E-state index >= 15 is 0 Å². The molecule has 1 unspecified atom stereocenters. The van der Waals surface area contributed by atoms with Gasteiger partial charge in [-0.3, -0.25) is 0 Å². The predicted octanol–water partition coefficient (Wildman–Crippen LogP) is 2.06. The molecule has 0 aromatic carbocycles. The highest BCUT2D eigenvalue weighted by molar-refractivity contribution is 7.89. The molecule has 2 heterocycles. The fraction of sp³-hybridized carbons (Fsp3) is 0.769. The van der Waals surface area contributed by atoms with E-state index in [0.717, 1.165) is 12.8 Å². The summed E-state index contributed by atoms with van der Waals surface area (Å²) in [4.78, 5) is 6.88. The third-order valence-corrected chi connectivity index (χ3v) is 6.29. The first-order valence-electron chi connectivity index (χ1n) is 7.12. The van der Waals surface area contributed by atoms with Crippen LogP contribution in [-0.2, 0) is 10.0 Å². The predicted molar refractivity (Wildman–Crippen MR) is 72.2 cm³/mol. The number of sulfonamides is 1. The largest absolute Gasteiger partial charge is 0.332 e. The Bertz CT molecular complexity index is 546. The van der Waals surface area contributed by atoms with Crippen molar-refractivity contribution in [2.24, 2.45) is 5.92 Å². The molecule has 2 aliphatic rings. The lowest BCUT2D eigenvalue weighted by atomic mass is 9.97. The highest BCUT2D eigenvalue weighted by atomic mass is 32.2. The first-order valence-corrected chi connectivity index (χ1v) is 8.56. The average Bonchev–Trinajstić information content (AvgIpc) is 3.09. The Morgan fingerprint density at radius 1 is 1.26 bits per heavy atom. The normalized spacial score (nSPS) is 26.3. The zero-order chi connectivity index (χ0) is 13.5. The minimum atomic E-state index is -3.39. The summed E-state index contributed by atoms with van der Waals surface area (Å²) >= 11 is 0. The summed E-state index contributed by atoms with van der Waals surface area (Å²) in [6.07, 6.45) is 8.28. The third kappa shape index (κ3) is 2.31. The maximum atomic E-state index is 12.7. The van der Waals surface area contributed by atoms with Gasteiger partial charge in [0.15, 0.2) is 5.03 Å². The van der Waals surface area contributed by atoms with Gasteiger partial charge in [0.05, 0.1) is 6.20 Å². The van der Waals surface area contributed by atoms with Gasteiger partial charge in [-0.25, -0.2) is 13.4 Å². The maximum absolute atomic E-state index is 12.7. The number of rotatable bonds is 3. The van der Waals surface area contributed by atoms with Gasteiger partial charge in [-0.05, 0) is 38.5 Å². The van der Waals surface area contributed by atoms with Gasteiger partial charge in [0, 0.05) is 12.6 Å². The van der Waals surface area contributed by atoms with Crippen LogP contribution in [0.2, 0.25) is 0 Å². The van der Waals surface area contributed by atoms with Gasteiger partial charge >= 0.3 is 0 Å². The molecule has 1 atom stereocenters. The molecule has 106 valence electrons. The molecule has 1 N–H and O–H groups in total. The molecule has 5 nitrogen and oxygen atoms in total. The molecule has 3 rings (SSSR count). The fourth-order valence-electron chi connectivity index (χ4n) is 3.53. The van der Waals surface area contributed by atoms with E-state index in [1.165, 1.54) is 31.9 Å². The zero-order valence-corrected chi connectivity index (χ0v) is 12.1. The molecule has 2 fully saturated rings. The van der Waals surface area contributed by atoms with Crippen molar-refractivity contribution in [2.75, 3.05) is 6.54 Å². The van der Waals surface area contributed by atoms with Crippen molar-refractivity contribution in [3.63, 3.8) is 0 Å². The van der Waals surface area contributed by atoms with Crippen molar-refractivity contribution >= 4 is 10.0 Å². The summed E-state index contributed by atoms with van der Waals surface area (Å²) in [5, 5.41) is 0.245. The minimum absolute atomic E-state index is 0.205. The minimum Gasteiger partial charge on any atom is -0.332 e. The number of nitrogens with zero attached hydrogens (tertiary/aromatic N) is 2. The molecule has 1 saturated carbocycles. The number of hydrogen-bond donors (Lipinski definition) is 1. The Labute approximate surface area is 114 Å². The van der Waals surface area contributed by atoms with Crippen LogP contribution >= 0.6 is 0 Å². The van der Waals surface area contributed by atoms with Gasteiger partial charge in [-0.2, -0.15) is 4.31 Å². The molecule has 1 aliphatic heterocycles. The van der Waals surface area contributed by atoms with Gasteiger partial charge in [-0.15, -0.1) is 0 Å². The third-order valence-electron chi connectivity index (χ3n) is 4.46. The number of hydrogen-bond acceptors (Lipinski definition) is 3. The summed E-state index contributed by atoms with van der Waals surface area (Å²) < 4.78 is 27.1. The molecule has 19 heavy (non-hydrogen) atoms. The number of aromatic nitrogens is 2. The van der Waals surface area contributed by atoms with E-state index in [9.17, 15) is 8.42 Å². The van der Waals surface area contributed by atoms with Crippen LogP contribution < -0.4 is 0 Å². The molecule has 1 saturated heterocycles. The first-order chi connectivity index (χ1) is 9.09. The quantitative estimate of drug-likeness (QED) is 0.923. The molecular formula is C13H21N3O2S. The van der Waals surface area contributed by atoms with Crippen LogP contribution in [0.5, 0.6) is 0 Å². The van der Waals surface area contributed by atoms with Crippen molar-refractivity contribution in [3.05, 3.63) is 12.0 Å². The molecule has 0 spiro atoms. The van der Waals surface area contributed by atoms with Crippen molar-refractivity contribution < 1.29 is 8.42 Å². The van der Waals surface area contributed by atoms with Crippen LogP contribution in [0.25, 0.3) is 0 Å². The average molecular weight is 283 g/mol. The lowest BCUT2D eigenvalue weighted by Crippen LogP contribution is -2.39. The number of nitrogens with one attached hydrogen (secondary N) is 1. The monoisotopic (exact) mass is 283 g/mol. The lowest BCUT2D eigenvalue weighted by molar-refractivity contribution is 0.287. The number of imidazole rings is 1. The summed E-state index contributed by atoms with van der Waals surface area (Å²) in [6.45, 7) is 2.43. The fourth-order valence-corrected chi connectivity index (χ4v) is 5.25. The van der Waals surface area contributed by atoms with Crippen molar-refractivity contribution in [1.82, 2.24) is 14.3 Å². The van der Waals surface area contributed by atoms with E-state index in [1.807, 2.05) is 0 Å². The second kappa shape index (κ2) is 4.90. The Morgan fingerprint density at radius 2 is 2.00 bits per heavy atom. The topological polar surface area (TPSA) is 66.1 Å². The Kier molecular flexibility index (Phi) is 3.39. The smallest absolute Gasteiger partial charge is 0.260 e. The number of aromatic amines is 1. The second-order valence-electron chi connectivity index (χ2n) is 5.70. The molecule has 1 aromatic rings. The van der Waals surface area contributed by atoms with Gasteiger partial charge in [0.2, 0.25) is 0 Å². The zero-order valence-electron chi connectivity index (χ0n) is 11.3. The van der Waals surface area contributed by atoms with Crippen LogP contribution in [0.1, 0.15) is 44.3 Å². The number of aryl methyl sites for hydroxylation is 1. The highest BCUT2D eigenvalue weighted by Gasteiger charge is 2.40. The molecular weight excluding hydrogens is 262 g/mol.